The molecule has 202 valence electrons. The van der Waals surface area contributed by atoms with Crippen molar-refractivity contribution < 1.29 is 23.8 Å². The largest absolute Gasteiger partial charge is 0.493 e. The highest BCUT2D eigenvalue weighted by Crippen LogP contribution is 2.49. The van der Waals surface area contributed by atoms with Crippen molar-refractivity contribution in [2.45, 2.75) is 45.1 Å². The van der Waals surface area contributed by atoms with Crippen LogP contribution >= 0.6 is 0 Å². The number of carbonyl (C=O) groups excluding carboxylic acids is 2. The molecular formula is C32H34N2O5. The van der Waals surface area contributed by atoms with Gasteiger partial charge >= 0.3 is 0 Å². The lowest BCUT2D eigenvalue weighted by Gasteiger charge is -2.35. The van der Waals surface area contributed by atoms with Crippen LogP contribution < -0.4 is 24.4 Å². The third-order valence-electron chi connectivity index (χ3n) is 7.61. The van der Waals surface area contributed by atoms with E-state index in [-0.39, 0.29) is 17.6 Å². The Hall–Kier alpha value is -4.26. The van der Waals surface area contributed by atoms with E-state index in [1.54, 1.807) is 26.2 Å². The molecule has 1 heterocycles. The molecule has 7 nitrogen and oxygen atoms in total. The number of nitrogens with one attached hydrogen (secondary N) is 1. The van der Waals surface area contributed by atoms with Gasteiger partial charge in [-0.15, -0.1) is 0 Å². The number of amides is 1. The minimum absolute atomic E-state index is 0.00906. The number of ketones is 1. The summed E-state index contributed by atoms with van der Waals surface area (Å²) in [5.41, 5.74) is 5.99. The van der Waals surface area contributed by atoms with Crippen LogP contribution in [-0.2, 0) is 9.59 Å². The zero-order chi connectivity index (χ0) is 27.7. The van der Waals surface area contributed by atoms with Crippen molar-refractivity contribution >= 4 is 23.1 Å². The number of ether oxygens (including phenoxy) is 3. The number of fused-ring (bicyclic) bond motifs is 1. The van der Waals surface area contributed by atoms with Crippen molar-refractivity contribution in [3.05, 3.63) is 88.6 Å². The van der Waals surface area contributed by atoms with E-state index in [0.29, 0.717) is 42.1 Å². The summed E-state index contributed by atoms with van der Waals surface area (Å²) in [7, 11) is 4.74. The quantitative estimate of drug-likeness (QED) is 0.404. The number of anilines is 2. The maximum Gasteiger partial charge on any atom is 0.227 e. The van der Waals surface area contributed by atoms with Crippen molar-refractivity contribution in [2.75, 3.05) is 31.5 Å². The summed E-state index contributed by atoms with van der Waals surface area (Å²) in [6, 6.07) is 19.2. The molecule has 2 atom stereocenters. The van der Waals surface area contributed by atoms with E-state index < -0.39 is 6.04 Å². The molecule has 39 heavy (non-hydrogen) atoms. The molecular weight excluding hydrogens is 492 g/mol. The maximum atomic E-state index is 14.1. The molecule has 5 rings (SSSR count). The van der Waals surface area contributed by atoms with Gasteiger partial charge < -0.3 is 19.5 Å². The molecule has 0 bridgehead atoms. The Morgan fingerprint density at radius 3 is 2.21 bits per heavy atom. The number of methoxy groups -OCH3 is 3. The molecule has 1 amide bonds. The van der Waals surface area contributed by atoms with Gasteiger partial charge in [0.15, 0.2) is 17.3 Å². The number of allylic oxidation sites excluding steroid dienone is 1. The molecule has 1 aliphatic heterocycles. The van der Waals surface area contributed by atoms with Gasteiger partial charge in [-0.25, -0.2) is 0 Å². The molecule has 0 spiro atoms. The van der Waals surface area contributed by atoms with Crippen molar-refractivity contribution in [1.29, 1.82) is 0 Å². The molecule has 0 aromatic heterocycles. The molecule has 0 unspecified atom stereocenters. The van der Waals surface area contributed by atoms with Gasteiger partial charge in [0.2, 0.25) is 11.7 Å². The summed E-state index contributed by atoms with van der Waals surface area (Å²) < 4.78 is 16.7. The van der Waals surface area contributed by atoms with Crippen LogP contribution in [0.4, 0.5) is 11.4 Å². The van der Waals surface area contributed by atoms with Crippen LogP contribution in [0.3, 0.4) is 0 Å². The van der Waals surface area contributed by atoms with Gasteiger partial charge in [-0.2, -0.15) is 0 Å². The van der Waals surface area contributed by atoms with E-state index in [2.05, 4.69) is 5.32 Å². The normalized spacial score (nSPS) is 18.5. The fourth-order valence-corrected chi connectivity index (χ4v) is 5.67. The Labute approximate surface area is 229 Å². The summed E-state index contributed by atoms with van der Waals surface area (Å²) >= 11 is 0. The number of carbonyl (C=O) groups is 2. The van der Waals surface area contributed by atoms with Gasteiger partial charge in [-0.1, -0.05) is 48.9 Å². The first-order chi connectivity index (χ1) is 18.9. The molecule has 2 aliphatic rings. The first-order valence-corrected chi connectivity index (χ1v) is 13.2. The highest BCUT2D eigenvalue weighted by Gasteiger charge is 2.41. The van der Waals surface area contributed by atoms with Gasteiger partial charge in [-0.3, -0.25) is 14.5 Å². The Balaban J connectivity index is 1.68. The Morgan fingerprint density at radius 1 is 0.923 bits per heavy atom. The standard InChI is InChI=1S/C32H34N2O5/c1-6-29(36)34-25-10-8-7-9-23(25)33-24-15-21(22-17-27(37-3)32(39-5)28(18-22)38-4)16-26(35)30(24)31(34)20-13-11-19(2)12-14-20/h7-14,17-18,21,31,33H,6,15-16H2,1-5H3/t21-,31-/m0/s1. The molecule has 3 aromatic carbocycles. The van der Waals surface area contributed by atoms with E-state index in [1.807, 2.05) is 74.5 Å². The molecule has 0 fully saturated rings. The Morgan fingerprint density at radius 2 is 1.59 bits per heavy atom. The van der Waals surface area contributed by atoms with Gasteiger partial charge in [0, 0.05) is 24.1 Å². The first kappa shape index (κ1) is 26.4. The van der Waals surface area contributed by atoms with E-state index in [1.165, 1.54) is 0 Å². The predicted octanol–water partition coefficient (Wildman–Crippen LogP) is 6.33. The number of Topliss-reactive ketones (excluding diaryl/α,β-unsaturated/α-hetero) is 1. The lowest BCUT2D eigenvalue weighted by atomic mass is 9.78. The fraction of sp³-hybridized carbons (Fsp3) is 0.312. The van der Waals surface area contributed by atoms with E-state index in [9.17, 15) is 9.59 Å². The van der Waals surface area contributed by atoms with Gasteiger partial charge in [0.1, 0.15) is 0 Å². The van der Waals surface area contributed by atoms with Gasteiger partial charge in [0.05, 0.1) is 38.7 Å². The molecule has 0 radical (unpaired) electrons. The second-order valence-electron chi connectivity index (χ2n) is 9.95. The predicted molar refractivity (Wildman–Crippen MR) is 152 cm³/mol. The highest BCUT2D eigenvalue weighted by molar-refractivity contribution is 6.06. The lowest BCUT2D eigenvalue weighted by molar-refractivity contribution is -0.119. The fourth-order valence-electron chi connectivity index (χ4n) is 5.67. The molecule has 7 heteroatoms. The number of hydrogen-bond acceptors (Lipinski definition) is 6. The number of nitrogens with zero attached hydrogens (tertiary/aromatic N) is 1. The van der Waals surface area contributed by atoms with Crippen LogP contribution in [0.15, 0.2) is 71.9 Å². The number of aryl methyl sites for hydroxylation is 1. The van der Waals surface area contributed by atoms with E-state index >= 15 is 0 Å². The average Bonchev–Trinajstić information content (AvgIpc) is 3.11. The lowest BCUT2D eigenvalue weighted by Crippen LogP contribution is -2.38. The summed E-state index contributed by atoms with van der Waals surface area (Å²) in [4.78, 5) is 29.5. The molecule has 0 saturated carbocycles. The third-order valence-corrected chi connectivity index (χ3v) is 7.61. The smallest absolute Gasteiger partial charge is 0.227 e. The van der Waals surface area contributed by atoms with Crippen LogP contribution in [-0.4, -0.2) is 33.0 Å². The van der Waals surface area contributed by atoms with Crippen molar-refractivity contribution in [3.63, 3.8) is 0 Å². The number of hydrogen-bond donors (Lipinski definition) is 1. The zero-order valence-corrected chi connectivity index (χ0v) is 23.0. The average molecular weight is 527 g/mol. The van der Waals surface area contributed by atoms with Crippen molar-refractivity contribution in [3.8, 4) is 17.2 Å². The number of rotatable bonds is 6. The van der Waals surface area contributed by atoms with Crippen LogP contribution in [0.1, 0.15) is 54.8 Å². The Kier molecular flexibility index (Phi) is 7.33. The topological polar surface area (TPSA) is 77.1 Å². The second kappa shape index (κ2) is 10.8. The minimum atomic E-state index is -0.530. The summed E-state index contributed by atoms with van der Waals surface area (Å²) in [5.74, 6) is 1.47. The van der Waals surface area contributed by atoms with Crippen molar-refractivity contribution in [2.24, 2.45) is 0 Å². The van der Waals surface area contributed by atoms with Crippen LogP contribution in [0.2, 0.25) is 0 Å². The van der Waals surface area contributed by atoms with Gasteiger partial charge in [-0.05, 0) is 54.7 Å². The molecule has 1 N–H and O–H groups in total. The van der Waals surface area contributed by atoms with E-state index in [0.717, 1.165) is 33.8 Å². The monoisotopic (exact) mass is 526 g/mol. The number of benzene rings is 3. The SMILES string of the molecule is CCC(=O)N1c2ccccc2NC2=C(C(=O)C[C@@H](c3cc(OC)c(OC)c(OC)c3)C2)[C@@H]1c1ccc(C)cc1. The third kappa shape index (κ3) is 4.73. The van der Waals surface area contributed by atoms with Gasteiger partial charge in [0.25, 0.3) is 0 Å². The van der Waals surface area contributed by atoms with Crippen LogP contribution in [0.5, 0.6) is 17.2 Å². The van der Waals surface area contributed by atoms with Crippen LogP contribution in [0.25, 0.3) is 0 Å². The van der Waals surface area contributed by atoms with E-state index in [4.69, 9.17) is 14.2 Å². The van der Waals surface area contributed by atoms with Crippen LogP contribution in [0, 0.1) is 6.92 Å². The Bertz CT molecular complexity index is 1420. The summed E-state index contributed by atoms with van der Waals surface area (Å²) in [6.07, 6.45) is 1.21. The number of para-hydroxylation sites is 2. The second-order valence-corrected chi connectivity index (χ2v) is 9.95. The maximum absolute atomic E-state index is 14.1. The summed E-state index contributed by atoms with van der Waals surface area (Å²) in [6.45, 7) is 3.88. The summed E-state index contributed by atoms with van der Waals surface area (Å²) in [5, 5.41) is 3.57. The molecule has 1 aliphatic carbocycles. The zero-order valence-electron chi connectivity index (χ0n) is 23.0. The molecule has 0 saturated heterocycles. The highest BCUT2D eigenvalue weighted by atomic mass is 16.5. The first-order valence-electron chi connectivity index (χ1n) is 13.2. The van der Waals surface area contributed by atoms with Crippen molar-refractivity contribution in [1.82, 2.24) is 0 Å². The minimum Gasteiger partial charge on any atom is -0.493 e. The molecule has 3 aromatic rings.